The average molecular weight is 348 g/mol. The first-order chi connectivity index (χ1) is 11.5. The van der Waals surface area contributed by atoms with E-state index >= 15 is 0 Å². The number of amides is 1. The Balaban J connectivity index is 1.93. The molecule has 2 fully saturated rings. The summed E-state index contributed by atoms with van der Waals surface area (Å²) in [5, 5.41) is 0. The second kappa shape index (κ2) is 5.56. The van der Waals surface area contributed by atoms with Crippen LogP contribution in [0.3, 0.4) is 0 Å². The smallest absolute Gasteiger partial charge is 0.331 e. The quantitative estimate of drug-likeness (QED) is 0.779. The van der Waals surface area contributed by atoms with Crippen molar-refractivity contribution in [2.75, 3.05) is 33.7 Å². The highest BCUT2D eigenvalue weighted by molar-refractivity contribution is 5.92. The molecular weight excluding hydrogens is 320 g/mol. The second-order valence-electron chi connectivity index (χ2n) is 8.77. The lowest BCUT2D eigenvalue weighted by Crippen LogP contribution is -2.57. The van der Waals surface area contributed by atoms with Gasteiger partial charge in [0.2, 0.25) is 0 Å². The molecule has 0 N–H and O–H groups in total. The van der Waals surface area contributed by atoms with E-state index < -0.39 is 11.2 Å². The normalized spacial score (nSPS) is 27.3. The Morgan fingerprint density at radius 1 is 1.24 bits per heavy atom. The molecule has 0 spiro atoms. The predicted molar refractivity (Wildman–Crippen MR) is 95.7 cm³/mol. The maximum absolute atomic E-state index is 13.0. The van der Waals surface area contributed by atoms with Gasteiger partial charge in [0.25, 0.3) is 11.5 Å². The van der Waals surface area contributed by atoms with Crippen molar-refractivity contribution in [3.63, 3.8) is 0 Å². The highest BCUT2D eigenvalue weighted by atomic mass is 16.2. The summed E-state index contributed by atoms with van der Waals surface area (Å²) in [4.78, 5) is 41.1. The molecule has 2 aliphatic rings. The zero-order chi connectivity index (χ0) is 18.7. The van der Waals surface area contributed by atoms with Crippen molar-refractivity contribution >= 4 is 5.91 Å². The summed E-state index contributed by atoms with van der Waals surface area (Å²) in [6, 6.07) is 1.27. The molecule has 25 heavy (non-hydrogen) atoms. The van der Waals surface area contributed by atoms with Gasteiger partial charge in [0.1, 0.15) is 5.69 Å². The zero-order valence-electron chi connectivity index (χ0n) is 16.0. The van der Waals surface area contributed by atoms with E-state index in [0.29, 0.717) is 19.0 Å². The van der Waals surface area contributed by atoms with Gasteiger partial charge in [0.05, 0.1) is 0 Å². The van der Waals surface area contributed by atoms with E-state index in [9.17, 15) is 14.4 Å². The lowest BCUT2D eigenvalue weighted by Gasteiger charge is -2.57. The number of hydrogen-bond donors (Lipinski definition) is 0. The topological polar surface area (TPSA) is 67.6 Å². The van der Waals surface area contributed by atoms with Crippen LogP contribution in [0.15, 0.2) is 15.7 Å². The van der Waals surface area contributed by atoms with Gasteiger partial charge in [-0.2, -0.15) is 0 Å². The third-order valence-electron chi connectivity index (χ3n) is 6.06. The predicted octanol–water partition coefficient (Wildman–Crippen LogP) is 0.134. The Labute approximate surface area is 147 Å². The van der Waals surface area contributed by atoms with Gasteiger partial charge in [-0.1, -0.05) is 13.8 Å². The number of carbonyl (C=O) groups excluding carboxylic acids is 1. The molecule has 1 saturated carbocycles. The summed E-state index contributed by atoms with van der Waals surface area (Å²) < 4.78 is 2.29. The first-order valence-corrected chi connectivity index (χ1v) is 8.70. The maximum Gasteiger partial charge on any atom is 0.331 e. The van der Waals surface area contributed by atoms with Gasteiger partial charge in [0.15, 0.2) is 0 Å². The first kappa shape index (κ1) is 17.9. The molecule has 0 aromatic carbocycles. The van der Waals surface area contributed by atoms with Gasteiger partial charge in [-0.15, -0.1) is 0 Å². The van der Waals surface area contributed by atoms with Crippen LogP contribution < -0.4 is 11.2 Å². The van der Waals surface area contributed by atoms with Crippen molar-refractivity contribution in [2.24, 2.45) is 30.8 Å². The van der Waals surface area contributed by atoms with Crippen LogP contribution in [0.25, 0.3) is 0 Å². The molecule has 1 aliphatic carbocycles. The van der Waals surface area contributed by atoms with E-state index in [4.69, 9.17) is 0 Å². The molecule has 1 aromatic rings. The van der Waals surface area contributed by atoms with Gasteiger partial charge in [-0.05, 0) is 31.8 Å². The van der Waals surface area contributed by atoms with Crippen molar-refractivity contribution in [1.29, 1.82) is 0 Å². The van der Waals surface area contributed by atoms with Crippen LogP contribution in [0.4, 0.5) is 0 Å². The zero-order valence-corrected chi connectivity index (χ0v) is 16.0. The number of likely N-dealkylation sites (tertiary alicyclic amines) is 1. The Morgan fingerprint density at radius 2 is 1.88 bits per heavy atom. The fraction of sp³-hybridized carbons (Fsp3) is 0.722. The second-order valence-corrected chi connectivity index (χ2v) is 8.77. The molecule has 0 bridgehead atoms. The minimum atomic E-state index is -0.471. The van der Waals surface area contributed by atoms with Crippen LogP contribution in [-0.2, 0) is 14.1 Å². The van der Waals surface area contributed by atoms with E-state index in [-0.39, 0.29) is 22.4 Å². The van der Waals surface area contributed by atoms with Crippen molar-refractivity contribution in [2.45, 2.75) is 20.3 Å². The van der Waals surface area contributed by atoms with Gasteiger partial charge in [0, 0.05) is 45.2 Å². The molecule has 1 amide bonds. The summed E-state index contributed by atoms with van der Waals surface area (Å²) in [6.07, 6.45) is 1.09. The highest BCUT2D eigenvalue weighted by Gasteiger charge is 2.63. The van der Waals surface area contributed by atoms with Crippen molar-refractivity contribution in [3.05, 3.63) is 32.6 Å². The van der Waals surface area contributed by atoms with Crippen molar-refractivity contribution < 1.29 is 4.79 Å². The van der Waals surface area contributed by atoms with E-state index in [1.807, 2.05) is 4.90 Å². The van der Waals surface area contributed by atoms with Crippen LogP contribution in [-0.4, -0.2) is 58.6 Å². The van der Waals surface area contributed by atoms with E-state index in [1.165, 1.54) is 17.7 Å². The average Bonchev–Trinajstić information content (AvgIpc) is 2.82. The largest absolute Gasteiger partial charge is 0.336 e. The number of carbonyl (C=O) groups is 1. The van der Waals surface area contributed by atoms with Crippen LogP contribution in [0.5, 0.6) is 0 Å². The summed E-state index contributed by atoms with van der Waals surface area (Å²) in [6.45, 7) is 6.83. The summed E-state index contributed by atoms with van der Waals surface area (Å²) >= 11 is 0. The molecule has 7 heteroatoms. The van der Waals surface area contributed by atoms with Crippen LogP contribution in [0.2, 0.25) is 0 Å². The van der Waals surface area contributed by atoms with Crippen molar-refractivity contribution in [1.82, 2.24) is 18.9 Å². The van der Waals surface area contributed by atoms with E-state index in [0.717, 1.165) is 17.5 Å². The molecule has 3 rings (SSSR count). The number of fused-ring (bicyclic) bond motifs is 1. The fourth-order valence-electron chi connectivity index (χ4n) is 5.22. The minimum Gasteiger partial charge on any atom is -0.336 e. The van der Waals surface area contributed by atoms with Gasteiger partial charge >= 0.3 is 5.69 Å². The monoisotopic (exact) mass is 348 g/mol. The maximum atomic E-state index is 13.0. The molecule has 1 aromatic heterocycles. The van der Waals surface area contributed by atoms with E-state index in [2.05, 4.69) is 32.8 Å². The fourth-order valence-corrected chi connectivity index (χ4v) is 5.22. The molecular formula is C18H28N4O3. The van der Waals surface area contributed by atoms with E-state index in [1.54, 1.807) is 7.05 Å². The standard InChI is InChI=1S/C18H28N4O3/c1-17(2)9-18(10-19(3)4)11-22(8-13(17)18)15(24)12-7-14(23)21(6)16(25)20(12)5/h7,13H,8-11H2,1-6H3/t13-,18+/m1/s1. The number of rotatable bonds is 3. The number of nitrogens with zero attached hydrogens (tertiary/aromatic N) is 4. The SMILES string of the molecule is CN(C)C[C@@]12CN(C(=O)c3cc(=O)n(C)c(=O)n3C)C[C@@H]1C(C)(C)C2. The molecule has 2 heterocycles. The number of aromatic nitrogens is 2. The summed E-state index contributed by atoms with van der Waals surface area (Å²) in [7, 11) is 7.08. The van der Waals surface area contributed by atoms with Crippen LogP contribution in [0.1, 0.15) is 30.8 Å². The molecule has 1 saturated heterocycles. The Hall–Kier alpha value is -1.89. The highest BCUT2D eigenvalue weighted by Crippen LogP contribution is 2.62. The molecule has 2 atom stereocenters. The van der Waals surface area contributed by atoms with Crippen molar-refractivity contribution in [3.8, 4) is 0 Å². The first-order valence-electron chi connectivity index (χ1n) is 8.70. The molecule has 7 nitrogen and oxygen atoms in total. The molecule has 0 unspecified atom stereocenters. The summed E-state index contributed by atoms with van der Waals surface area (Å²) in [5.74, 6) is 0.218. The van der Waals surface area contributed by atoms with Gasteiger partial charge in [-0.3, -0.25) is 18.7 Å². The third-order valence-corrected chi connectivity index (χ3v) is 6.06. The molecule has 138 valence electrons. The third kappa shape index (κ3) is 2.65. The Kier molecular flexibility index (Phi) is 3.98. The lowest BCUT2D eigenvalue weighted by atomic mass is 9.48. The number of hydrogen-bond acceptors (Lipinski definition) is 4. The molecule has 1 aliphatic heterocycles. The Morgan fingerprint density at radius 3 is 2.44 bits per heavy atom. The van der Waals surface area contributed by atoms with Crippen LogP contribution in [0, 0.1) is 16.7 Å². The summed E-state index contributed by atoms with van der Waals surface area (Å²) in [5.41, 5.74) is -0.420. The Bertz CT molecular complexity index is 832. The molecule has 0 radical (unpaired) electrons. The van der Waals surface area contributed by atoms with Crippen LogP contribution >= 0.6 is 0 Å². The van der Waals surface area contributed by atoms with Gasteiger partial charge < -0.3 is 9.80 Å². The van der Waals surface area contributed by atoms with Gasteiger partial charge in [-0.25, -0.2) is 4.79 Å². The lowest BCUT2D eigenvalue weighted by molar-refractivity contribution is -0.0789. The minimum absolute atomic E-state index is 0.112.